The number of hydrogen-bond acceptors (Lipinski definition) is 7. The van der Waals surface area contributed by atoms with Crippen LogP contribution in [0.15, 0.2) is 54.9 Å². The number of nitrogens with one attached hydrogen (secondary N) is 4. The van der Waals surface area contributed by atoms with Crippen molar-refractivity contribution in [1.29, 1.82) is 0 Å². The van der Waals surface area contributed by atoms with Crippen LogP contribution in [0.25, 0.3) is 5.82 Å². The molecule has 1 aliphatic rings. The average molecular weight is 551 g/mol. The van der Waals surface area contributed by atoms with Gasteiger partial charge in [0.15, 0.2) is 5.82 Å². The Morgan fingerprint density at radius 3 is 2.58 bits per heavy atom. The molecule has 2 aromatic carbocycles. The summed E-state index contributed by atoms with van der Waals surface area (Å²) in [5.74, 6) is 1.19. The molecule has 1 amide bonds. The Morgan fingerprint density at radius 1 is 1.05 bits per heavy atom. The lowest BCUT2D eigenvalue weighted by Gasteiger charge is -2.15. The van der Waals surface area contributed by atoms with Gasteiger partial charge < -0.3 is 21.3 Å². The molecule has 1 fully saturated rings. The van der Waals surface area contributed by atoms with Gasteiger partial charge in [0.1, 0.15) is 18.0 Å². The molecule has 0 spiro atoms. The second-order valence-corrected chi connectivity index (χ2v) is 9.77. The standard InChI is InChI=1S/C28H29F3N8O/c1-16-4-5-22(12-23(16)37-26-8-17(2)38-39(26)25-13-24(32-3)34-15-35-25)36-27(40)19-9-18(14-33-21-6-7-21)10-20(11-19)28(29,30)31/h4-5,8-13,15,21,33,37H,6-7,14H2,1-3H3,(H,36,40)(H,32,34,35). The van der Waals surface area contributed by atoms with Crippen molar-refractivity contribution < 1.29 is 18.0 Å². The lowest BCUT2D eigenvalue weighted by molar-refractivity contribution is -0.137. The monoisotopic (exact) mass is 550 g/mol. The lowest BCUT2D eigenvalue weighted by atomic mass is 10.0. The minimum absolute atomic E-state index is 0.0599. The number of aryl methyl sites for hydroxylation is 2. The van der Waals surface area contributed by atoms with Crippen molar-refractivity contribution in [2.75, 3.05) is 23.0 Å². The van der Waals surface area contributed by atoms with Crippen molar-refractivity contribution in [2.45, 2.75) is 45.5 Å². The summed E-state index contributed by atoms with van der Waals surface area (Å²) in [6.45, 7) is 4.02. The molecule has 2 aromatic heterocycles. The van der Waals surface area contributed by atoms with Crippen LogP contribution in [-0.2, 0) is 12.7 Å². The summed E-state index contributed by atoms with van der Waals surface area (Å²) in [6.07, 6.45) is -1.12. The summed E-state index contributed by atoms with van der Waals surface area (Å²) >= 11 is 0. The van der Waals surface area contributed by atoms with E-state index in [0.29, 0.717) is 40.4 Å². The van der Waals surface area contributed by atoms with E-state index in [9.17, 15) is 18.0 Å². The molecule has 5 rings (SSSR count). The van der Waals surface area contributed by atoms with E-state index in [0.717, 1.165) is 36.2 Å². The molecule has 9 nitrogen and oxygen atoms in total. The molecule has 0 unspecified atom stereocenters. The van der Waals surface area contributed by atoms with Crippen molar-refractivity contribution in [3.8, 4) is 5.82 Å². The molecule has 0 aliphatic heterocycles. The van der Waals surface area contributed by atoms with E-state index < -0.39 is 17.6 Å². The maximum Gasteiger partial charge on any atom is 0.416 e. The van der Waals surface area contributed by atoms with Gasteiger partial charge in [0.2, 0.25) is 0 Å². The Hall–Kier alpha value is -4.45. The maximum absolute atomic E-state index is 13.6. The van der Waals surface area contributed by atoms with Crippen LogP contribution in [0.4, 0.5) is 36.2 Å². The Bertz CT molecular complexity index is 1550. The number of halogens is 3. The molecular weight excluding hydrogens is 521 g/mol. The zero-order chi connectivity index (χ0) is 28.4. The Balaban J connectivity index is 1.38. The normalized spacial score (nSPS) is 13.2. The fourth-order valence-corrected chi connectivity index (χ4v) is 4.18. The largest absolute Gasteiger partial charge is 0.416 e. The topological polar surface area (TPSA) is 109 Å². The van der Waals surface area contributed by atoms with E-state index in [-0.39, 0.29) is 12.1 Å². The molecule has 2 heterocycles. The predicted octanol–water partition coefficient (Wildman–Crippen LogP) is 5.59. The quantitative estimate of drug-likeness (QED) is 0.215. The van der Waals surface area contributed by atoms with Gasteiger partial charge in [0.25, 0.3) is 5.91 Å². The van der Waals surface area contributed by atoms with Crippen molar-refractivity contribution in [3.63, 3.8) is 0 Å². The third-order valence-corrected chi connectivity index (χ3v) is 6.47. The van der Waals surface area contributed by atoms with Crippen molar-refractivity contribution >= 4 is 28.9 Å². The fourth-order valence-electron chi connectivity index (χ4n) is 4.18. The van der Waals surface area contributed by atoms with Gasteiger partial charge in [-0.1, -0.05) is 6.07 Å². The predicted molar refractivity (Wildman–Crippen MR) is 147 cm³/mol. The van der Waals surface area contributed by atoms with E-state index in [2.05, 4.69) is 36.3 Å². The molecule has 4 N–H and O–H groups in total. The van der Waals surface area contributed by atoms with Crippen LogP contribution in [0.3, 0.4) is 0 Å². The third kappa shape index (κ3) is 6.40. The minimum Gasteiger partial charge on any atom is -0.373 e. The van der Waals surface area contributed by atoms with Crippen molar-refractivity contribution in [3.05, 3.63) is 82.8 Å². The van der Waals surface area contributed by atoms with E-state index in [1.165, 1.54) is 12.4 Å². The molecule has 0 radical (unpaired) electrons. The number of amides is 1. The molecule has 208 valence electrons. The number of nitrogens with zero attached hydrogens (tertiary/aromatic N) is 4. The first kappa shape index (κ1) is 27.1. The Labute approximate surface area is 229 Å². The minimum atomic E-state index is -4.57. The highest BCUT2D eigenvalue weighted by Crippen LogP contribution is 2.32. The van der Waals surface area contributed by atoms with Gasteiger partial charge in [-0.05, 0) is 68.1 Å². The first-order valence-corrected chi connectivity index (χ1v) is 12.8. The van der Waals surface area contributed by atoms with E-state index in [1.807, 2.05) is 26.0 Å². The number of anilines is 4. The van der Waals surface area contributed by atoms with Crippen LogP contribution >= 0.6 is 0 Å². The van der Waals surface area contributed by atoms with Crippen molar-refractivity contribution in [2.24, 2.45) is 0 Å². The molecule has 0 saturated heterocycles. The number of rotatable bonds is 9. The number of carbonyl (C=O) groups excluding carboxylic acids is 1. The summed E-state index contributed by atoms with van der Waals surface area (Å²) in [6, 6.07) is 12.6. The highest BCUT2D eigenvalue weighted by atomic mass is 19.4. The van der Waals surface area contributed by atoms with Crippen LogP contribution in [0.1, 0.15) is 45.6 Å². The highest BCUT2D eigenvalue weighted by molar-refractivity contribution is 6.04. The number of carbonyl (C=O) groups is 1. The second kappa shape index (κ2) is 11.0. The lowest BCUT2D eigenvalue weighted by Crippen LogP contribution is -2.18. The van der Waals surface area contributed by atoms with Gasteiger partial charge in [-0.25, -0.2) is 9.97 Å². The van der Waals surface area contributed by atoms with Crippen LogP contribution in [0.5, 0.6) is 0 Å². The van der Waals surface area contributed by atoms with Crippen LogP contribution < -0.4 is 21.3 Å². The smallest absolute Gasteiger partial charge is 0.373 e. The van der Waals surface area contributed by atoms with Crippen LogP contribution in [-0.4, -0.2) is 38.7 Å². The van der Waals surface area contributed by atoms with Crippen LogP contribution in [0.2, 0.25) is 0 Å². The molecule has 40 heavy (non-hydrogen) atoms. The Kier molecular flexibility index (Phi) is 7.44. The summed E-state index contributed by atoms with van der Waals surface area (Å²) in [4.78, 5) is 21.5. The number of aromatic nitrogens is 4. The SMILES string of the molecule is CNc1cc(-n2nc(C)cc2Nc2cc(NC(=O)c3cc(CNC4CC4)cc(C(F)(F)F)c3)ccc2C)ncn1. The summed E-state index contributed by atoms with van der Waals surface area (Å²) in [5.41, 5.74) is 2.24. The first-order valence-electron chi connectivity index (χ1n) is 12.8. The van der Waals surface area contributed by atoms with Gasteiger partial charge in [0, 0.05) is 48.7 Å². The van der Waals surface area contributed by atoms with Gasteiger partial charge in [-0.2, -0.15) is 23.0 Å². The molecule has 0 atom stereocenters. The number of hydrogen-bond donors (Lipinski definition) is 4. The average Bonchev–Trinajstić information content (AvgIpc) is 3.69. The number of alkyl halides is 3. The summed E-state index contributed by atoms with van der Waals surface area (Å²) < 4.78 is 42.4. The zero-order valence-electron chi connectivity index (χ0n) is 22.2. The van der Waals surface area contributed by atoms with Gasteiger partial charge in [0.05, 0.1) is 11.3 Å². The summed E-state index contributed by atoms with van der Waals surface area (Å²) in [5, 5.41) is 16.8. The molecule has 1 saturated carbocycles. The first-order chi connectivity index (χ1) is 19.1. The second-order valence-electron chi connectivity index (χ2n) is 9.77. The zero-order valence-corrected chi connectivity index (χ0v) is 22.2. The van der Waals surface area contributed by atoms with Crippen LogP contribution in [0, 0.1) is 13.8 Å². The molecule has 1 aliphatic carbocycles. The molecule has 4 aromatic rings. The van der Waals surface area contributed by atoms with E-state index in [1.54, 1.807) is 29.9 Å². The highest BCUT2D eigenvalue weighted by Gasteiger charge is 2.32. The fraction of sp³-hybridized carbons (Fsp3) is 0.286. The molecular formula is C28H29F3N8O. The summed E-state index contributed by atoms with van der Waals surface area (Å²) in [7, 11) is 1.76. The van der Waals surface area contributed by atoms with Gasteiger partial charge in [-0.15, -0.1) is 0 Å². The third-order valence-electron chi connectivity index (χ3n) is 6.47. The maximum atomic E-state index is 13.6. The number of benzene rings is 2. The van der Waals surface area contributed by atoms with Crippen molar-refractivity contribution in [1.82, 2.24) is 25.1 Å². The molecule has 0 bridgehead atoms. The van der Waals surface area contributed by atoms with Gasteiger partial charge in [-0.3, -0.25) is 4.79 Å². The van der Waals surface area contributed by atoms with E-state index >= 15 is 0 Å². The van der Waals surface area contributed by atoms with Gasteiger partial charge >= 0.3 is 6.18 Å². The molecule has 12 heteroatoms. The Morgan fingerprint density at radius 2 is 1.85 bits per heavy atom. The van der Waals surface area contributed by atoms with E-state index in [4.69, 9.17) is 0 Å².